The lowest BCUT2D eigenvalue weighted by Crippen LogP contribution is -2.19. The first-order valence-electron chi connectivity index (χ1n) is 25.7. The normalized spacial score (nSPS) is 11.4. The smallest absolute Gasteiger partial charge is 0.258 e. The zero-order valence-electron chi connectivity index (χ0n) is 42.9. The lowest BCUT2D eigenvalue weighted by molar-refractivity contribution is 0.911. The Kier molecular flexibility index (Phi) is 11.8. The van der Waals surface area contributed by atoms with Crippen LogP contribution in [0, 0.1) is 0 Å². The highest BCUT2D eigenvalue weighted by atomic mass is 16.1. The molecule has 0 atom stereocenters. The van der Waals surface area contributed by atoms with Crippen molar-refractivity contribution in [1.82, 2.24) is 28.7 Å². The molecular formula is C69H48N6O3. The van der Waals surface area contributed by atoms with E-state index in [2.05, 4.69) is 109 Å². The summed E-state index contributed by atoms with van der Waals surface area (Å²) >= 11 is 0. The average Bonchev–Trinajstić information content (AvgIpc) is 3.56. The maximum Gasteiger partial charge on any atom is 0.258 e. The summed E-state index contributed by atoms with van der Waals surface area (Å²) in [6.07, 6.45) is 5.76. The predicted molar refractivity (Wildman–Crippen MR) is 325 cm³/mol. The van der Waals surface area contributed by atoms with Gasteiger partial charge in [-0.3, -0.25) is 29.3 Å². The van der Waals surface area contributed by atoms with E-state index in [0.717, 1.165) is 97.3 Å². The zero-order valence-corrected chi connectivity index (χ0v) is 42.9. The van der Waals surface area contributed by atoms with Crippen molar-refractivity contribution in [3.8, 4) is 0 Å². The largest absolute Gasteiger partial charge is 0.311 e. The molecule has 32 rings (SSSR count). The second-order valence-electron chi connectivity index (χ2n) is 19.8. The molecule has 24 aromatic heterocycles. The van der Waals surface area contributed by atoms with Crippen molar-refractivity contribution < 1.29 is 0 Å². The summed E-state index contributed by atoms with van der Waals surface area (Å²) in [5.41, 5.74) is 2.97. The van der Waals surface area contributed by atoms with Crippen LogP contribution in [-0.4, -0.2) is 28.7 Å². The Bertz CT molecular complexity index is 4620. The summed E-state index contributed by atoms with van der Waals surface area (Å²) in [6.45, 7) is 0. The number of benzene rings is 8. The second-order valence-corrected chi connectivity index (χ2v) is 19.8. The van der Waals surface area contributed by atoms with Crippen LogP contribution in [0.15, 0.2) is 251 Å². The van der Waals surface area contributed by atoms with Gasteiger partial charge in [0.15, 0.2) is 0 Å². The average molecular weight is 1010 g/mol. The van der Waals surface area contributed by atoms with Gasteiger partial charge < -0.3 is 13.7 Å². The molecule has 0 amide bonds. The lowest BCUT2D eigenvalue weighted by atomic mass is 9.98. The molecule has 0 N–H and O–H groups in total. The van der Waals surface area contributed by atoms with Crippen LogP contribution in [-0.2, 0) is 21.1 Å². The van der Waals surface area contributed by atoms with Crippen molar-refractivity contribution in [2.75, 3.05) is 0 Å². The first-order chi connectivity index (χ1) is 38.1. The minimum absolute atomic E-state index is 0.178. The van der Waals surface area contributed by atoms with Crippen LogP contribution < -0.4 is 16.7 Å². The van der Waals surface area contributed by atoms with Gasteiger partial charge in [0.05, 0.1) is 16.6 Å². The van der Waals surface area contributed by atoms with Gasteiger partial charge in [-0.05, 0) is 139 Å². The van der Waals surface area contributed by atoms with E-state index >= 15 is 0 Å². The molecule has 9 heteroatoms. The van der Waals surface area contributed by atoms with Gasteiger partial charge in [0, 0.05) is 105 Å². The number of pyridine rings is 3. The fourth-order valence-electron chi connectivity index (χ4n) is 10.7. The van der Waals surface area contributed by atoms with Gasteiger partial charge in [-0.1, -0.05) is 127 Å². The molecule has 8 aromatic carbocycles. The third kappa shape index (κ3) is 8.59. The van der Waals surface area contributed by atoms with E-state index in [4.69, 9.17) is 15.0 Å². The maximum absolute atomic E-state index is 14.6. The SMILES string of the molecule is Cn1c(=O)c2cc3cc(c2)c(=O)n(C)c2ccc(cc2)c2ccc(cn2)c2ccccc2c2cc(cc(c2)c2ccccc2c2ccc(nc2)c2ccc(cc2)n(C)c3=O)c2ccccc2c2ccc(nc2)c2ccc1cc2. The zero-order chi connectivity index (χ0) is 53.0. The molecule has 0 saturated heterocycles. The highest BCUT2D eigenvalue weighted by molar-refractivity contribution is 6.15. The minimum Gasteiger partial charge on any atom is -0.311 e. The van der Waals surface area contributed by atoms with Gasteiger partial charge in [-0.15, -0.1) is 0 Å². The van der Waals surface area contributed by atoms with Crippen LogP contribution in [0.1, 0.15) is 0 Å². The van der Waals surface area contributed by atoms with Gasteiger partial charge in [0.2, 0.25) is 0 Å². The molecule has 18 bridgehead atoms. The molecule has 0 fully saturated rings. The highest BCUT2D eigenvalue weighted by Crippen LogP contribution is 2.32. The van der Waals surface area contributed by atoms with Crippen LogP contribution >= 0.6 is 0 Å². The van der Waals surface area contributed by atoms with Crippen molar-refractivity contribution in [3.05, 3.63) is 268 Å². The Labute approximate surface area is 445 Å². The van der Waals surface area contributed by atoms with Crippen LogP contribution in [0.3, 0.4) is 0 Å². The molecule has 0 aliphatic heterocycles. The predicted octanol–water partition coefficient (Wildman–Crippen LogP) is 14.9. The van der Waals surface area contributed by atoms with Crippen molar-refractivity contribution in [2.45, 2.75) is 0 Å². The summed E-state index contributed by atoms with van der Waals surface area (Å²) in [5, 5.41) is 15.4. The second kappa shape index (κ2) is 19.4. The van der Waals surface area contributed by atoms with Gasteiger partial charge in [-0.25, -0.2) is 0 Å². The summed E-state index contributed by atoms with van der Waals surface area (Å²) in [4.78, 5) is 58.9. The highest BCUT2D eigenvalue weighted by Gasteiger charge is 2.08. The molecule has 0 saturated carbocycles. The number of aryl methyl sites for hydroxylation is 3. The molecule has 0 radical (unpaired) electrons. The van der Waals surface area contributed by atoms with Crippen molar-refractivity contribution >= 4 is 130 Å². The van der Waals surface area contributed by atoms with Crippen LogP contribution in [0.2, 0.25) is 0 Å². The maximum atomic E-state index is 14.6. The Hall–Kier alpha value is -10.4. The Morgan fingerprint density at radius 2 is 0.462 bits per heavy atom. The molecule has 372 valence electrons. The van der Waals surface area contributed by atoms with Crippen LogP contribution in [0.5, 0.6) is 0 Å². The van der Waals surface area contributed by atoms with E-state index in [9.17, 15) is 14.4 Å². The van der Waals surface area contributed by atoms with E-state index in [1.807, 2.05) is 110 Å². The Morgan fingerprint density at radius 1 is 0.244 bits per heavy atom. The lowest BCUT2D eigenvalue weighted by Gasteiger charge is -2.06. The molecule has 32 aromatic rings. The molecule has 0 unspecified atom stereocenters. The number of nitrogens with zero attached hydrogens (tertiary/aromatic N) is 6. The third-order valence-electron chi connectivity index (χ3n) is 15.1. The van der Waals surface area contributed by atoms with Crippen LogP contribution in [0.4, 0.5) is 0 Å². The van der Waals surface area contributed by atoms with Gasteiger partial charge in [-0.2, -0.15) is 0 Å². The first kappa shape index (κ1) is 47.3. The third-order valence-corrected chi connectivity index (χ3v) is 15.1. The number of aromatic nitrogens is 6. The fourth-order valence-corrected chi connectivity index (χ4v) is 10.7. The van der Waals surface area contributed by atoms with Crippen molar-refractivity contribution in [3.63, 3.8) is 0 Å². The van der Waals surface area contributed by atoms with E-state index in [1.165, 1.54) is 13.7 Å². The quantitative estimate of drug-likeness (QED) is 0.150. The van der Waals surface area contributed by atoms with Gasteiger partial charge in [0.1, 0.15) is 0 Å². The van der Waals surface area contributed by atoms with E-state index in [1.54, 1.807) is 39.3 Å². The molecule has 78 heavy (non-hydrogen) atoms. The Balaban J connectivity index is 1.25. The molecule has 0 aliphatic rings. The summed E-state index contributed by atoms with van der Waals surface area (Å²) in [5.74, 6) is 0. The van der Waals surface area contributed by atoms with E-state index < -0.39 is 16.7 Å². The standard InChI is InChI=1S/C69H48N6O3/c1-73-55-25-16-43(17-26-55)64-31-22-46(40-70-64)58-10-4-7-13-61(58)49-34-50-36-51(35-49)63-15-9-6-12-60(63)48-24-33-66(72-42-48)45-20-29-57(30-21-45)75(3)69(78)54-38-52(67(73)76)37-53(39-54)68(77)74(2)56-27-18-44(19-28-56)65-32-23-47(41-71-65)59-11-5-8-14-62(50)59/h4-42H,1-3H3. The topological polar surface area (TPSA) is 105 Å². The number of hydrogen-bond donors (Lipinski definition) is 0. The summed E-state index contributed by atoms with van der Waals surface area (Å²) in [7, 11) is 5.06. The molecule has 9 nitrogen and oxygen atoms in total. The van der Waals surface area contributed by atoms with Crippen molar-refractivity contribution in [2.24, 2.45) is 21.1 Å². The molecule has 24 heterocycles. The molecule has 0 spiro atoms. The Morgan fingerprint density at radius 3 is 0.692 bits per heavy atom. The monoisotopic (exact) mass is 1010 g/mol. The number of rotatable bonds is 0. The molecular weight excluding hydrogens is 961 g/mol. The van der Waals surface area contributed by atoms with E-state index in [0.29, 0.717) is 16.6 Å². The first-order valence-corrected chi connectivity index (χ1v) is 25.7. The summed E-state index contributed by atoms with van der Waals surface area (Å²) in [6, 6.07) is 72.3. The van der Waals surface area contributed by atoms with Crippen LogP contribution in [0.25, 0.3) is 130 Å². The van der Waals surface area contributed by atoms with Crippen molar-refractivity contribution in [1.29, 1.82) is 0 Å². The summed E-state index contributed by atoms with van der Waals surface area (Å²) < 4.78 is 4.57. The number of hydrogen-bond acceptors (Lipinski definition) is 6. The molecule has 0 aliphatic carbocycles. The minimum atomic E-state index is -0.396. The van der Waals surface area contributed by atoms with E-state index in [-0.39, 0.29) is 16.2 Å². The van der Waals surface area contributed by atoms with Gasteiger partial charge >= 0.3 is 0 Å². The van der Waals surface area contributed by atoms with Gasteiger partial charge in [0.25, 0.3) is 16.7 Å². The fraction of sp³-hybridized carbons (Fsp3) is 0.0435.